The highest BCUT2D eigenvalue weighted by Gasteiger charge is 2.43. The van der Waals surface area contributed by atoms with Gasteiger partial charge < -0.3 is 10.1 Å². The second-order valence-corrected chi connectivity index (χ2v) is 5.14. The zero-order chi connectivity index (χ0) is 10.0. The Bertz CT molecular complexity index is 179. The fraction of sp³-hybridized carbons (Fsp3) is 1.00. The summed E-state index contributed by atoms with van der Waals surface area (Å²) in [6.45, 7) is 7.87. The maximum Gasteiger partial charge on any atom is 0.0512 e. The summed E-state index contributed by atoms with van der Waals surface area (Å²) in [5.41, 5.74) is 0.389. The Morgan fingerprint density at radius 1 is 1.36 bits per heavy atom. The Morgan fingerprint density at radius 2 is 2.21 bits per heavy atom. The maximum absolute atomic E-state index is 5.63. The van der Waals surface area contributed by atoms with E-state index >= 15 is 0 Å². The number of nitrogens with one attached hydrogen (secondary N) is 1. The predicted octanol–water partition coefficient (Wildman–Crippen LogP) is 2.19. The molecule has 2 aliphatic heterocycles. The summed E-state index contributed by atoms with van der Waals surface area (Å²) >= 11 is 0. The van der Waals surface area contributed by atoms with Gasteiger partial charge in [-0.25, -0.2) is 0 Å². The van der Waals surface area contributed by atoms with Crippen molar-refractivity contribution in [2.45, 2.75) is 45.1 Å². The minimum atomic E-state index is 0.389. The molecule has 2 saturated heterocycles. The number of hydrogen-bond donors (Lipinski definition) is 1. The van der Waals surface area contributed by atoms with E-state index < -0.39 is 0 Å². The SMILES string of the molecule is CC(C)C1(C2CCCOC2)CCCN1. The molecule has 82 valence electrons. The molecular weight excluding hydrogens is 174 g/mol. The maximum atomic E-state index is 5.63. The zero-order valence-electron chi connectivity index (χ0n) is 9.51. The van der Waals surface area contributed by atoms with E-state index in [1.807, 2.05) is 0 Å². The topological polar surface area (TPSA) is 21.3 Å². The smallest absolute Gasteiger partial charge is 0.0512 e. The molecule has 0 amide bonds. The molecule has 14 heavy (non-hydrogen) atoms. The minimum Gasteiger partial charge on any atom is -0.381 e. The van der Waals surface area contributed by atoms with Crippen LogP contribution in [0.2, 0.25) is 0 Å². The minimum absolute atomic E-state index is 0.389. The molecule has 2 fully saturated rings. The summed E-state index contributed by atoms with van der Waals surface area (Å²) in [5.74, 6) is 1.48. The number of ether oxygens (including phenoxy) is 1. The summed E-state index contributed by atoms with van der Waals surface area (Å²) in [5, 5.41) is 3.76. The van der Waals surface area contributed by atoms with Crippen LogP contribution in [0.1, 0.15) is 39.5 Å². The fourth-order valence-electron chi connectivity index (χ4n) is 3.25. The van der Waals surface area contributed by atoms with Crippen LogP contribution < -0.4 is 5.32 Å². The second-order valence-electron chi connectivity index (χ2n) is 5.14. The third-order valence-electron chi connectivity index (χ3n) is 4.14. The van der Waals surface area contributed by atoms with Crippen molar-refractivity contribution in [3.05, 3.63) is 0 Å². The molecule has 0 spiro atoms. The van der Waals surface area contributed by atoms with Crippen LogP contribution in [-0.4, -0.2) is 25.3 Å². The lowest BCUT2D eigenvalue weighted by Crippen LogP contribution is -2.53. The summed E-state index contributed by atoms with van der Waals surface area (Å²) in [6.07, 6.45) is 5.29. The van der Waals surface area contributed by atoms with Crippen LogP contribution in [0.15, 0.2) is 0 Å². The number of rotatable bonds is 2. The van der Waals surface area contributed by atoms with Gasteiger partial charge >= 0.3 is 0 Å². The molecule has 2 heterocycles. The molecule has 2 rings (SSSR count). The largest absolute Gasteiger partial charge is 0.381 e. The summed E-state index contributed by atoms with van der Waals surface area (Å²) in [7, 11) is 0. The average Bonchev–Trinajstić information content (AvgIpc) is 2.69. The molecule has 2 heteroatoms. The molecule has 0 radical (unpaired) electrons. The molecule has 2 nitrogen and oxygen atoms in total. The van der Waals surface area contributed by atoms with Gasteiger partial charge in [0.05, 0.1) is 6.61 Å². The van der Waals surface area contributed by atoms with Crippen molar-refractivity contribution in [2.24, 2.45) is 11.8 Å². The van der Waals surface area contributed by atoms with Crippen molar-refractivity contribution in [1.82, 2.24) is 5.32 Å². The lowest BCUT2D eigenvalue weighted by molar-refractivity contribution is 0.000871. The van der Waals surface area contributed by atoms with Crippen molar-refractivity contribution in [3.63, 3.8) is 0 Å². The fourth-order valence-corrected chi connectivity index (χ4v) is 3.25. The van der Waals surface area contributed by atoms with E-state index in [4.69, 9.17) is 4.74 Å². The van der Waals surface area contributed by atoms with Gasteiger partial charge in [-0.05, 0) is 38.1 Å². The van der Waals surface area contributed by atoms with Crippen molar-refractivity contribution >= 4 is 0 Å². The van der Waals surface area contributed by atoms with Crippen LogP contribution >= 0.6 is 0 Å². The highest BCUT2D eigenvalue weighted by Crippen LogP contribution is 2.38. The van der Waals surface area contributed by atoms with E-state index in [-0.39, 0.29) is 0 Å². The van der Waals surface area contributed by atoms with E-state index in [0.717, 1.165) is 25.0 Å². The van der Waals surface area contributed by atoms with E-state index in [2.05, 4.69) is 19.2 Å². The van der Waals surface area contributed by atoms with E-state index in [1.165, 1.54) is 32.2 Å². The van der Waals surface area contributed by atoms with Crippen LogP contribution in [0.4, 0.5) is 0 Å². The Hall–Kier alpha value is -0.0800. The number of hydrogen-bond acceptors (Lipinski definition) is 2. The molecule has 0 aromatic rings. The van der Waals surface area contributed by atoms with Crippen LogP contribution in [0.5, 0.6) is 0 Å². The summed E-state index contributed by atoms with van der Waals surface area (Å²) < 4.78 is 5.63. The monoisotopic (exact) mass is 197 g/mol. The Morgan fingerprint density at radius 3 is 2.71 bits per heavy atom. The first-order valence-electron chi connectivity index (χ1n) is 6.08. The van der Waals surface area contributed by atoms with Crippen LogP contribution in [0.3, 0.4) is 0 Å². The molecule has 2 aliphatic rings. The molecule has 0 aromatic carbocycles. The van der Waals surface area contributed by atoms with E-state index in [0.29, 0.717) is 5.54 Å². The lowest BCUT2D eigenvalue weighted by Gasteiger charge is -2.43. The molecular formula is C12H23NO. The van der Waals surface area contributed by atoms with Crippen molar-refractivity contribution in [3.8, 4) is 0 Å². The summed E-state index contributed by atoms with van der Waals surface area (Å²) in [6, 6.07) is 0. The van der Waals surface area contributed by atoms with E-state index in [1.54, 1.807) is 0 Å². The van der Waals surface area contributed by atoms with Crippen LogP contribution in [0.25, 0.3) is 0 Å². The van der Waals surface area contributed by atoms with Crippen LogP contribution in [-0.2, 0) is 4.74 Å². The first-order valence-corrected chi connectivity index (χ1v) is 6.08. The molecule has 2 unspecified atom stereocenters. The lowest BCUT2D eigenvalue weighted by atomic mass is 9.72. The van der Waals surface area contributed by atoms with Gasteiger partial charge in [0.1, 0.15) is 0 Å². The first kappa shape index (κ1) is 10.4. The predicted molar refractivity (Wildman–Crippen MR) is 58.3 cm³/mol. The standard InChI is InChI=1S/C12H23NO/c1-10(2)12(6-4-7-13-12)11-5-3-8-14-9-11/h10-11,13H,3-9H2,1-2H3. The van der Waals surface area contributed by atoms with Gasteiger partial charge in [0.2, 0.25) is 0 Å². The van der Waals surface area contributed by atoms with Crippen molar-refractivity contribution in [1.29, 1.82) is 0 Å². The van der Waals surface area contributed by atoms with Gasteiger partial charge in [-0.3, -0.25) is 0 Å². The van der Waals surface area contributed by atoms with E-state index in [9.17, 15) is 0 Å². The molecule has 0 aliphatic carbocycles. The highest BCUT2D eigenvalue weighted by molar-refractivity contribution is 5.01. The quantitative estimate of drug-likeness (QED) is 0.732. The third kappa shape index (κ3) is 1.70. The third-order valence-corrected chi connectivity index (χ3v) is 4.14. The van der Waals surface area contributed by atoms with Crippen molar-refractivity contribution < 1.29 is 4.74 Å². The van der Waals surface area contributed by atoms with Crippen molar-refractivity contribution in [2.75, 3.05) is 19.8 Å². The van der Waals surface area contributed by atoms with Gasteiger partial charge in [-0.1, -0.05) is 13.8 Å². The molecule has 0 bridgehead atoms. The Balaban J connectivity index is 2.08. The van der Waals surface area contributed by atoms with Gasteiger partial charge in [-0.15, -0.1) is 0 Å². The molecule has 1 N–H and O–H groups in total. The van der Waals surface area contributed by atoms with Crippen LogP contribution in [0, 0.1) is 11.8 Å². The molecule has 0 saturated carbocycles. The molecule has 2 atom stereocenters. The average molecular weight is 197 g/mol. The van der Waals surface area contributed by atoms with Gasteiger partial charge in [0.25, 0.3) is 0 Å². The van der Waals surface area contributed by atoms with Gasteiger partial charge in [0.15, 0.2) is 0 Å². The van der Waals surface area contributed by atoms with Gasteiger partial charge in [0, 0.05) is 18.1 Å². The Kier molecular flexibility index (Phi) is 3.13. The second kappa shape index (κ2) is 4.19. The highest BCUT2D eigenvalue weighted by atomic mass is 16.5. The summed E-state index contributed by atoms with van der Waals surface area (Å²) in [4.78, 5) is 0. The normalized spacial score (nSPS) is 39.2. The Labute approximate surface area is 87.4 Å². The zero-order valence-corrected chi connectivity index (χ0v) is 9.51. The first-order chi connectivity index (χ1) is 6.76. The van der Waals surface area contributed by atoms with Gasteiger partial charge in [-0.2, -0.15) is 0 Å². The molecule has 0 aromatic heterocycles.